The SMILES string of the molecule is COCCOCCOCC[NH+](CCOCCOCCOC)CCOCCOCCOC. The van der Waals surface area contributed by atoms with Gasteiger partial charge in [-0.15, -0.1) is 0 Å². The Hall–Kier alpha value is -0.400. The summed E-state index contributed by atoms with van der Waals surface area (Å²) in [7, 11) is 4.98. The van der Waals surface area contributed by atoms with Crippen LogP contribution in [-0.2, 0) is 42.6 Å². The Morgan fingerprint density at radius 2 is 0.548 bits per heavy atom. The topological polar surface area (TPSA) is 87.5 Å². The van der Waals surface area contributed by atoms with Gasteiger partial charge in [-0.2, -0.15) is 0 Å². The highest BCUT2D eigenvalue weighted by Gasteiger charge is 2.09. The second-order valence-electron chi connectivity index (χ2n) is 6.65. The molecule has 31 heavy (non-hydrogen) atoms. The van der Waals surface area contributed by atoms with E-state index >= 15 is 0 Å². The molecule has 10 heteroatoms. The van der Waals surface area contributed by atoms with Gasteiger partial charge in [0.2, 0.25) is 0 Å². The van der Waals surface area contributed by atoms with Crippen LogP contribution in [0.2, 0.25) is 0 Å². The van der Waals surface area contributed by atoms with Crippen LogP contribution in [0.15, 0.2) is 0 Å². The molecule has 0 saturated heterocycles. The van der Waals surface area contributed by atoms with E-state index in [9.17, 15) is 0 Å². The minimum Gasteiger partial charge on any atom is -0.382 e. The van der Waals surface area contributed by atoms with Gasteiger partial charge in [-0.25, -0.2) is 0 Å². The maximum Gasteiger partial charge on any atom is 0.101 e. The first-order chi connectivity index (χ1) is 15.3. The third-order valence-corrected chi connectivity index (χ3v) is 4.21. The molecular weight excluding hydrogens is 410 g/mol. The van der Waals surface area contributed by atoms with Crippen molar-refractivity contribution in [1.29, 1.82) is 0 Å². The van der Waals surface area contributed by atoms with E-state index in [1.165, 1.54) is 4.90 Å². The Morgan fingerprint density at radius 1 is 0.323 bits per heavy atom. The molecule has 0 aromatic heterocycles. The molecule has 0 aromatic carbocycles. The van der Waals surface area contributed by atoms with Gasteiger partial charge in [-0.1, -0.05) is 0 Å². The monoisotopic (exact) mass is 456 g/mol. The summed E-state index contributed by atoms with van der Waals surface area (Å²) >= 11 is 0. The third-order valence-electron chi connectivity index (χ3n) is 4.21. The molecule has 188 valence electrons. The van der Waals surface area contributed by atoms with Crippen LogP contribution >= 0.6 is 0 Å². The summed E-state index contributed by atoms with van der Waals surface area (Å²) in [6.07, 6.45) is 0. The Balaban J connectivity index is 3.82. The molecule has 1 N–H and O–H groups in total. The van der Waals surface area contributed by atoms with Gasteiger partial charge in [0.1, 0.15) is 19.6 Å². The highest BCUT2D eigenvalue weighted by atomic mass is 16.6. The smallest absolute Gasteiger partial charge is 0.101 e. The van der Waals surface area contributed by atoms with Gasteiger partial charge in [-0.3, -0.25) is 0 Å². The molecule has 0 heterocycles. The van der Waals surface area contributed by atoms with Crippen LogP contribution in [0.3, 0.4) is 0 Å². The number of nitrogens with one attached hydrogen (secondary N) is 1. The van der Waals surface area contributed by atoms with Gasteiger partial charge in [0, 0.05) is 21.3 Å². The predicted octanol–water partition coefficient (Wildman–Crippen LogP) is -1.09. The fourth-order valence-electron chi connectivity index (χ4n) is 2.42. The van der Waals surface area contributed by atoms with Gasteiger partial charge < -0.3 is 47.5 Å². The minimum absolute atomic E-state index is 0.580. The summed E-state index contributed by atoms with van der Waals surface area (Å²) in [6, 6.07) is 0. The fraction of sp³-hybridized carbons (Fsp3) is 1.00. The van der Waals surface area contributed by atoms with Crippen LogP contribution in [0.25, 0.3) is 0 Å². The number of quaternary nitrogens is 1. The van der Waals surface area contributed by atoms with Gasteiger partial charge in [0.25, 0.3) is 0 Å². The van der Waals surface area contributed by atoms with Crippen molar-refractivity contribution in [2.24, 2.45) is 0 Å². The molecule has 0 saturated carbocycles. The van der Waals surface area contributed by atoms with E-state index in [1.54, 1.807) is 21.3 Å². The molecule has 0 spiro atoms. The maximum absolute atomic E-state index is 5.68. The molecule has 0 aliphatic carbocycles. The van der Waals surface area contributed by atoms with Gasteiger partial charge in [-0.05, 0) is 0 Å². The van der Waals surface area contributed by atoms with Crippen molar-refractivity contribution in [1.82, 2.24) is 0 Å². The van der Waals surface area contributed by atoms with Crippen LogP contribution in [0.5, 0.6) is 0 Å². The largest absolute Gasteiger partial charge is 0.382 e. The zero-order valence-corrected chi connectivity index (χ0v) is 19.9. The lowest BCUT2D eigenvalue weighted by Crippen LogP contribution is -3.13. The van der Waals surface area contributed by atoms with Crippen LogP contribution < -0.4 is 4.90 Å². The first kappa shape index (κ1) is 30.6. The zero-order valence-electron chi connectivity index (χ0n) is 19.9. The molecule has 0 amide bonds. The molecule has 0 unspecified atom stereocenters. The minimum atomic E-state index is 0.580. The standard InChI is InChI=1S/C21H45NO9/c1-23-10-13-29-19-16-26-7-4-22(5-8-27-17-20-30-14-11-24-2)6-9-28-18-21-31-15-12-25-3/h4-21H2,1-3H3/p+1. The van der Waals surface area contributed by atoms with Crippen molar-refractivity contribution >= 4 is 0 Å². The van der Waals surface area contributed by atoms with Crippen LogP contribution in [0, 0.1) is 0 Å². The molecule has 0 fully saturated rings. The summed E-state index contributed by atoms with van der Waals surface area (Å²) in [5, 5.41) is 0. The Morgan fingerprint density at radius 3 is 0.806 bits per heavy atom. The fourth-order valence-corrected chi connectivity index (χ4v) is 2.42. The Kier molecular flexibility index (Phi) is 27.3. The van der Waals surface area contributed by atoms with Gasteiger partial charge in [0.05, 0.1) is 99.1 Å². The lowest BCUT2D eigenvalue weighted by Gasteiger charge is -2.20. The van der Waals surface area contributed by atoms with E-state index in [0.717, 1.165) is 19.6 Å². The average Bonchev–Trinajstić information content (AvgIpc) is 2.78. The molecule has 0 bridgehead atoms. The predicted molar refractivity (Wildman–Crippen MR) is 116 cm³/mol. The van der Waals surface area contributed by atoms with E-state index in [2.05, 4.69) is 0 Å². The van der Waals surface area contributed by atoms with Crippen molar-refractivity contribution in [3.05, 3.63) is 0 Å². The molecule has 0 rings (SSSR count). The highest BCUT2D eigenvalue weighted by molar-refractivity contribution is 4.39. The second kappa shape index (κ2) is 27.6. The molecular formula is C21H46NO9+. The highest BCUT2D eigenvalue weighted by Crippen LogP contribution is 1.82. The number of rotatable bonds is 27. The van der Waals surface area contributed by atoms with Crippen LogP contribution in [0.1, 0.15) is 0 Å². The van der Waals surface area contributed by atoms with Crippen molar-refractivity contribution in [2.45, 2.75) is 0 Å². The Bertz CT molecular complexity index is 280. The van der Waals surface area contributed by atoms with Crippen LogP contribution in [-0.4, -0.2) is 140 Å². The van der Waals surface area contributed by atoms with E-state index in [0.29, 0.717) is 99.1 Å². The summed E-state index contributed by atoms with van der Waals surface area (Å²) in [4.78, 5) is 1.38. The van der Waals surface area contributed by atoms with E-state index in [-0.39, 0.29) is 0 Å². The lowest BCUT2D eigenvalue weighted by molar-refractivity contribution is -0.901. The second-order valence-corrected chi connectivity index (χ2v) is 6.65. The number of hydrogen-bond acceptors (Lipinski definition) is 9. The number of hydrogen-bond donors (Lipinski definition) is 1. The van der Waals surface area contributed by atoms with Crippen molar-refractivity contribution in [2.75, 3.05) is 140 Å². The first-order valence-electron chi connectivity index (χ1n) is 11.1. The number of ether oxygens (including phenoxy) is 9. The number of methoxy groups -OCH3 is 3. The molecule has 0 aromatic rings. The normalized spacial score (nSPS) is 11.6. The summed E-state index contributed by atoms with van der Waals surface area (Å²) < 4.78 is 48.0. The van der Waals surface area contributed by atoms with Crippen molar-refractivity contribution in [3.63, 3.8) is 0 Å². The molecule has 10 nitrogen and oxygen atoms in total. The average molecular weight is 457 g/mol. The van der Waals surface area contributed by atoms with Crippen LogP contribution in [0.4, 0.5) is 0 Å². The van der Waals surface area contributed by atoms with E-state index < -0.39 is 0 Å². The molecule has 0 aliphatic heterocycles. The maximum atomic E-state index is 5.68. The summed E-state index contributed by atoms with van der Waals surface area (Å²) in [6.45, 7) is 11.8. The third kappa shape index (κ3) is 25.7. The molecule has 0 radical (unpaired) electrons. The van der Waals surface area contributed by atoms with Gasteiger partial charge in [0.15, 0.2) is 0 Å². The van der Waals surface area contributed by atoms with Crippen molar-refractivity contribution in [3.8, 4) is 0 Å². The summed E-state index contributed by atoms with van der Waals surface area (Å²) in [5.41, 5.74) is 0. The lowest BCUT2D eigenvalue weighted by atomic mass is 10.4. The van der Waals surface area contributed by atoms with E-state index in [4.69, 9.17) is 42.6 Å². The summed E-state index contributed by atoms with van der Waals surface area (Å²) in [5.74, 6) is 0. The van der Waals surface area contributed by atoms with E-state index in [1.807, 2.05) is 0 Å². The zero-order chi connectivity index (χ0) is 22.7. The Labute approximate surface area is 188 Å². The molecule has 0 aliphatic rings. The molecule has 0 atom stereocenters. The van der Waals surface area contributed by atoms with Gasteiger partial charge >= 0.3 is 0 Å². The quantitative estimate of drug-likeness (QED) is 0.155. The van der Waals surface area contributed by atoms with Crippen molar-refractivity contribution < 1.29 is 47.5 Å². The first-order valence-corrected chi connectivity index (χ1v) is 11.1.